The van der Waals surface area contributed by atoms with E-state index in [1.807, 2.05) is 11.8 Å². The Morgan fingerprint density at radius 1 is 1.36 bits per heavy atom. The van der Waals surface area contributed by atoms with Crippen LogP contribution in [0, 0.1) is 10.1 Å². The Morgan fingerprint density at radius 3 is 2.72 bits per heavy atom. The topological polar surface area (TPSA) is 94.2 Å². The van der Waals surface area contributed by atoms with Gasteiger partial charge in [-0.1, -0.05) is 19.3 Å². The molecular formula is C17H21N5O3. The summed E-state index contributed by atoms with van der Waals surface area (Å²) in [6.07, 6.45) is 8.16. The largest absolute Gasteiger partial charge is 0.336 e. The first-order valence-corrected chi connectivity index (χ1v) is 8.56. The van der Waals surface area contributed by atoms with Crippen LogP contribution in [-0.2, 0) is 0 Å². The molecule has 1 aliphatic carbocycles. The molecule has 1 aliphatic rings. The van der Waals surface area contributed by atoms with E-state index in [9.17, 15) is 14.9 Å². The first-order chi connectivity index (χ1) is 12.1. The molecule has 1 saturated carbocycles. The van der Waals surface area contributed by atoms with Gasteiger partial charge in [-0.05, 0) is 31.9 Å². The highest BCUT2D eigenvalue weighted by Crippen LogP contribution is 2.27. The lowest BCUT2D eigenvalue weighted by molar-refractivity contribution is -0.384. The molecule has 1 aromatic carbocycles. The van der Waals surface area contributed by atoms with Crippen LogP contribution < -0.4 is 0 Å². The first kappa shape index (κ1) is 17.1. The third-order valence-electron chi connectivity index (χ3n) is 4.70. The fourth-order valence-electron chi connectivity index (χ4n) is 3.46. The SMILES string of the molecule is CCN(C(=O)c1ccc(-n2cncn2)c([N+](=O)[O-])c1)C1CCCCC1. The molecule has 1 aromatic heterocycles. The van der Waals surface area contributed by atoms with Crippen molar-refractivity contribution in [2.24, 2.45) is 0 Å². The number of aromatic nitrogens is 3. The molecule has 0 unspecified atom stereocenters. The maximum Gasteiger partial charge on any atom is 0.295 e. The Morgan fingerprint density at radius 2 is 2.12 bits per heavy atom. The second kappa shape index (κ2) is 7.42. The molecule has 0 aliphatic heterocycles. The number of nitrogens with zero attached hydrogens (tertiary/aromatic N) is 5. The molecule has 0 spiro atoms. The highest BCUT2D eigenvalue weighted by molar-refractivity contribution is 5.95. The highest BCUT2D eigenvalue weighted by atomic mass is 16.6. The molecule has 132 valence electrons. The maximum atomic E-state index is 12.9. The number of benzene rings is 1. The van der Waals surface area contributed by atoms with Crippen molar-refractivity contribution in [3.05, 3.63) is 46.5 Å². The summed E-state index contributed by atoms with van der Waals surface area (Å²) in [6.45, 7) is 2.55. The van der Waals surface area contributed by atoms with Gasteiger partial charge in [0.15, 0.2) is 0 Å². The van der Waals surface area contributed by atoms with E-state index in [-0.39, 0.29) is 17.6 Å². The van der Waals surface area contributed by atoms with Crippen molar-refractivity contribution in [1.82, 2.24) is 19.7 Å². The van der Waals surface area contributed by atoms with Gasteiger partial charge >= 0.3 is 0 Å². The molecular weight excluding hydrogens is 322 g/mol. The summed E-state index contributed by atoms with van der Waals surface area (Å²) >= 11 is 0. The lowest BCUT2D eigenvalue weighted by Gasteiger charge is -2.33. The number of carbonyl (C=O) groups excluding carboxylic acids is 1. The van der Waals surface area contributed by atoms with Crippen molar-refractivity contribution in [2.75, 3.05) is 6.54 Å². The quantitative estimate of drug-likeness (QED) is 0.614. The summed E-state index contributed by atoms with van der Waals surface area (Å²) in [5.74, 6) is -0.150. The molecule has 1 heterocycles. The molecule has 0 bridgehead atoms. The highest BCUT2D eigenvalue weighted by Gasteiger charge is 2.27. The summed E-state index contributed by atoms with van der Waals surface area (Å²) in [4.78, 5) is 29.5. The molecule has 3 rings (SSSR count). The van der Waals surface area contributed by atoms with E-state index >= 15 is 0 Å². The Labute approximate surface area is 145 Å². The Bertz CT molecular complexity index is 754. The van der Waals surface area contributed by atoms with E-state index in [1.54, 1.807) is 12.1 Å². The molecule has 1 fully saturated rings. The average molecular weight is 343 g/mol. The average Bonchev–Trinajstić information content (AvgIpc) is 3.17. The van der Waals surface area contributed by atoms with Gasteiger partial charge in [0.2, 0.25) is 0 Å². The van der Waals surface area contributed by atoms with E-state index in [2.05, 4.69) is 10.1 Å². The van der Waals surface area contributed by atoms with Crippen LogP contribution in [0.1, 0.15) is 49.4 Å². The number of hydrogen-bond acceptors (Lipinski definition) is 5. The number of rotatable bonds is 5. The maximum absolute atomic E-state index is 12.9. The van der Waals surface area contributed by atoms with Gasteiger partial charge < -0.3 is 4.90 Å². The second-order valence-electron chi connectivity index (χ2n) is 6.18. The summed E-state index contributed by atoms with van der Waals surface area (Å²) in [5, 5.41) is 15.4. The molecule has 8 nitrogen and oxygen atoms in total. The van der Waals surface area contributed by atoms with Crippen molar-refractivity contribution < 1.29 is 9.72 Å². The van der Waals surface area contributed by atoms with Gasteiger partial charge in [-0.3, -0.25) is 14.9 Å². The number of amides is 1. The zero-order valence-corrected chi connectivity index (χ0v) is 14.2. The molecule has 0 saturated heterocycles. The van der Waals surface area contributed by atoms with Crippen LogP contribution in [0.2, 0.25) is 0 Å². The lowest BCUT2D eigenvalue weighted by atomic mass is 9.93. The minimum atomic E-state index is -0.495. The van der Waals surface area contributed by atoms with Crippen molar-refractivity contribution in [3.63, 3.8) is 0 Å². The van der Waals surface area contributed by atoms with Crippen molar-refractivity contribution >= 4 is 11.6 Å². The molecule has 0 radical (unpaired) electrons. The Kier molecular flexibility index (Phi) is 5.06. The van der Waals surface area contributed by atoms with Gasteiger partial charge in [0.25, 0.3) is 11.6 Å². The van der Waals surface area contributed by atoms with E-state index in [0.29, 0.717) is 17.8 Å². The molecule has 8 heteroatoms. The summed E-state index contributed by atoms with van der Waals surface area (Å²) in [7, 11) is 0. The predicted molar refractivity (Wildman–Crippen MR) is 91.6 cm³/mol. The Balaban J connectivity index is 1.92. The zero-order chi connectivity index (χ0) is 17.8. The van der Waals surface area contributed by atoms with Gasteiger partial charge in [-0.2, -0.15) is 5.10 Å². The van der Waals surface area contributed by atoms with Crippen LogP contribution >= 0.6 is 0 Å². The first-order valence-electron chi connectivity index (χ1n) is 8.56. The second-order valence-corrected chi connectivity index (χ2v) is 6.18. The van der Waals surface area contributed by atoms with E-state index in [0.717, 1.165) is 25.7 Å². The fourth-order valence-corrected chi connectivity index (χ4v) is 3.46. The number of hydrogen-bond donors (Lipinski definition) is 0. The van der Waals surface area contributed by atoms with Gasteiger partial charge in [-0.25, -0.2) is 9.67 Å². The standard InChI is InChI=1S/C17H21N5O3/c1-2-20(14-6-4-3-5-7-14)17(23)13-8-9-15(16(10-13)22(24)25)21-12-18-11-19-21/h8-12,14H,2-7H2,1H3. The number of carbonyl (C=O) groups is 1. The van der Waals surface area contributed by atoms with Gasteiger partial charge in [0.1, 0.15) is 18.3 Å². The number of nitro benzene ring substituents is 1. The smallest absolute Gasteiger partial charge is 0.295 e. The molecule has 25 heavy (non-hydrogen) atoms. The summed E-state index contributed by atoms with van der Waals surface area (Å²) in [5.41, 5.74) is 0.471. The van der Waals surface area contributed by atoms with Crippen LogP contribution in [0.15, 0.2) is 30.9 Å². The van der Waals surface area contributed by atoms with Crippen LogP contribution in [0.25, 0.3) is 5.69 Å². The normalized spacial score (nSPS) is 15.1. The predicted octanol–water partition coefficient (Wildman–Crippen LogP) is 2.97. The van der Waals surface area contributed by atoms with E-state index in [4.69, 9.17) is 0 Å². The summed E-state index contributed by atoms with van der Waals surface area (Å²) in [6, 6.07) is 4.73. The lowest BCUT2D eigenvalue weighted by Crippen LogP contribution is -2.41. The minimum Gasteiger partial charge on any atom is -0.336 e. The molecule has 0 N–H and O–H groups in total. The number of nitro groups is 1. The third-order valence-corrected chi connectivity index (χ3v) is 4.70. The van der Waals surface area contributed by atoms with Gasteiger partial charge in [0.05, 0.1) is 4.92 Å². The minimum absolute atomic E-state index is 0.150. The van der Waals surface area contributed by atoms with E-state index < -0.39 is 4.92 Å². The molecule has 0 atom stereocenters. The van der Waals surface area contributed by atoms with E-state index in [1.165, 1.54) is 29.8 Å². The van der Waals surface area contributed by atoms with Crippen LogP contribution in [0.5, 0.6) is 0 Å². The van der Waals surface area contributed by atoms with Crippen LogP contribution in [-0.4, -0.2) is 43.1 Å². The monoisotopic (exact) mass is 343 g/mol. The Hall–Kier alpha value is -2.77. The van der Waals surface area contributed by atoms with Crippen molar-refractivity contribution in [2.45, 2.75) is 45.1 Å². The summed E-state index contributed by atoms with van der Waals surface area (Å²) < 4.78 is 1.32. The fraction of sp³-hybridized carbons (Fsp3) is 0.471. The zero-order valence-electron chi connectivity index (χ0n) is 14.2. The van der Waals surface area contributed by atoms with Crippen molar-refractivity contribution in [3.8, 4) is 5.69 Å². The molecule has 1 amide bonds. The van der Waals surface area contributed by atoms with Crippen LogP contribution in [0.4, 0.5) is 5.69 Å². The van der Waals surface area contributed by atoms with Gasteiger partial charge in [-0.15, -0.1) is 0 Å². The van der Waals surface area contributed by atoms with Crippen molar-refractivity contribution in [1.29, 1.82) is 0 Å². The molecule has 2 aromatic rings. The van der Waals surface area contributed by atoms with Crippen LogP contribution in [0.3, 0.4) is 0 Å². The van der Waals surface area contributed by atoms with Gasteiger partial charge in [0, 0.05) is 24.2 Å². The third kappa shape index (κ3) is 3.52.